The molecule has 5 heteroatoms. The van der Waals surface area contributed by atoms with Crippen molar-refractivity contribution in [3.05, 3.63) is 23.9 Å². The fourth-order valence-electron chi connectivity index (χ4n) is 1.41. The van der Waals surface area contributed by atoms with Gasteiger partial charge in [-0.25, -0.2) is 13.8 Å². The Bertz CT molecular complexity index is 345. The molecule has 90 valence electrons. The molecule has 0 saturated carbocycles. The van der Waals surface area contributed by atoms with E-state index in [0.717, 1.165) is 12.3 Å². The summed E-state index contributed by atoms with van der Waals surface area (Å²) in [5.74, 6) is -1.18. The van der Waals surface area contributed by atoms with E-state index in [4.69, 9.17) is 5.11 Å². The Morgan fingerprint density at radius 3 is 2.62 bits per heavy atom. The summed E-state index contributed by atoms with van der Waals surface area (Å²) in [6.07, 6.45) is 1.46. The van der Waals surface area contributed by atoms with Crippen molar-refractivity contribution in [3.8, 4) is 0 Å². The molecule has 1 aromatic heterocycles. The van der Waals surface area contributed by atoms with Crippen molar-refractivity contribution in [2.45, 2.75) is 26.3 Å². The number of pyridine rings is 1. The van der Waals surface area contributed by atoms with Crippen LogP contribution in [0.1, 0.15) is 20.3 Å². The molecular weight excluding hydrogens is 214 g/mol. The molecule has 0 amide bonds. The van der Waals surface area contributed by atoms with Gasteiger partial charge in [-0.2, -0.15) is 0 Å². The van der Waals surface area contributed by atoms with Gasteiger partial charge in [0.15, 0.2) is 11.6 Å². The molecule has 0 aliphatic heterocycles. The van der Waals surface area contributed by atoms with E-state index < -0.39 is 11.6 Å². The number of hydrogen-bond acceptors (Lipinski definition) is 3. The van der Waals surface area contributed by atoms with E-state index in [-0.39, 0.29) is 24.4 Å². The number of aliphatic hydroxyl groups is 1. The van der Waals surface area contributed by atoms with Crippen LogP contribution in [0.2, 0.25) is 0 Å². The van der Waals surface area contributed by atoms with Crippen LogP contribution >= 0.6 is 0 Å². The van der Waals surface area contributed by atoms with Crippen molar-refractivity contribution in [1.29, 1.82) is 0 Å². The lowest BCUT2D eigenvalue weighted by atomic mass is 10.0. The molecule has 16 heavy (non-hydrogen) atoms. The molecule has 0 bridgehead atoms. The summed E-state index contributed by atoms with van der Waals surface area (Å²) in [4.78, 5) is 3.64. The number of nitrogens with zero attached hydrogens (tertiary/aromatic N) is 1. The molecule has 1 rings (SSSR count). The van der Waals surface area contributed by atoms with Gasteiger partial charge >= 0.3 is 0 Å². The largest absolute Gasteiger partial charge is 0.396 e. The third-order valence-electron chi connectivity index (χ3n) is 2.37. The summed E-state index contributed by atoms with van der Waals surface area (Å²) >= 11 is 0. The van der Waals surface area contributed by atoms with Gasteiger partial charge in [0.2, 0.25) is 0 Å². The smallest absolute Gasteiger partial charge is 0.168 e. The maximum absolute atomic E-state index is 13.3. The lowest BCUT2D eigenvalue weighted by Gasteiger charge is -2.22. The monoisotopic (exact) mass is 230 g/mol. The number of aromatic nitrogens is 1. The number of aliphatic hydroxyl groups excluding tert-OH is 1. The van der Waals surface area contributed by atoms with Gasteiger partial charge in [0.1, 0.15) is 5.82 Å². The zero-order valence-corrected chi connectivity index (χ0v) is 9.37. The molecule has 1 heterocycles. The molecule has 0 saturated heterocycles. The van der Waals surface area contributed by atoms with Gasteiger partial charge in [0.25, 0.3) is 0 Å². The molecule has 0 aliphatic carbocycles. The highest BCUT2D eigenvalue weighted by Crippen LogP contribution is 2.16. The zero-order valence-electron chi connectivity index (χ0n) is 9.37. The highest BCUT2D eigenvalue weighted by Gasteiger charge is 2.15. The first-order valence-corrected chi connectivity index (χ1v) is 5.23. The summed E-state index contributed by atoms with van der Waals surface area (Å²) < 4.78 is 25.9. The molecule has 1 unspecified atom stereocenters. The van der Waals surface area contributed by atoms with E-state index in [1.54, 1.807) is 0 Å². The second-order valence-electron chi connectivity index (χ2n) is 3.99. The van der Waals surface area contributed by atoms with E-state index >= 15 is 0 Å². The maximum atomic E-state index is 13.3. The van der Waals surface area contributed by atoms with Gasteiger partial charge in [-0.05, 0) is 12.3 Å². The predicted molar refractivity (Wildman–Crippen MR) is 58.1 cm³/mol. The molecule has 1 atom stereocenters. The van der Waals surface area contributed by atoms with Crippen LogP contribution in [0.25, 0.3) is 0 Å². The lowest BCUT2D eigenvalue weighted by Crippen LogP contribution is -2.27. The van der Waals surface area contributed by atoms with Crippen LogP contribution in [0.15, 0.2) is 12.3 Å². The lowest BCUT2D eigenvalue weighted by molar-refractivity contribution is 0.267. The quantitative estimate of drug-likeness (QED) is 0.815. The van der Waals surface area contributed by atoms with Crippen LogP contribution in [-0.4, -0.2) is 22.7 Å². The SMILES string of the molecule is CC(C)C(CCO)Nc1ncc(F)cc1F. The Kier molecular flexibility index (Phi) is 4.61. The molecule has 0 aliphatic rings. The second-order valence-corrected chi connectivity index (χ2v) is 3.99. The molecule has 1 aromatic rings. The van der Waals surface area contributed by atoms with Crippen LogP contribution in [0.5, 0.6) is 0 Å². The Balaban J connectivity index is 2.77. The van der Waals surface area contributed by atoms with Crippen LogP contribution in [-0.2, 0) is 0 Å². The van der Waals surface area contributed by atoms with Crippen LogP contribution in [0.4, 0.5) is 14.6 Å². The van der Waals surface area contributed by atoms with E-state index in [2.05, 4.69) is 10.3 Å². The van der Waals surface area contributed by atoms with Crippen LogP contribution < -0.4 is 5.32 Å². The highest BCUT2D eigenvalue weighted by molar-refractivity contribution is 5.37. The maximum Gasteiger partial charge on any atom is 0.168 e. The third-order valence-corrected chi connectivity index (χ3v) is 2.37. The van der Waals surface area contributed by atoms with Crippen molar-refractivity contribution in [2.75, 3.05) is 11.9 Å². The second kappa shape index (κ2) is 5.75. The normalized spacial score (nSPS) is 12.9. The first-order valence-electron chi connectivity index (χ1n) is 5.23. The molecule has 2 N–H and O–H groups in total. The Morgan fingerprint density at radius 2 is 2.12 bits per heavy atom. The number of anilines is 1. The van der Waals surface area contributed by atoms with Gasteiger partial charge in [0.05, 0.1) is 6.20 Å². The van der Waals surface area contributed by atoms with Crippen LogP contribution in [0, 0.1) is 17.6 Å². The molecule has 0 radical (unpaired) electrons. The van der Waals surface area contributed by atoms with Gasteiger partial charge in [-0.3, -0.25) is 0 Å². The molecule has 0 fully saturated rings. The Morgan fingerprint density at radius 1 is 1.44 bits per heavy atom. The van der Waals surface area contributed by atoms with Crippen molar-refractivity contribution < 1.29 is 13.9 Å². The van der Waals surface area contributed by atoms with E-state index in [1.165, 1.54) is 0 Å². The third kappa shape index (κ3) is 3.41. The fraction of sp³-hybridized carbons (Fsp3) is 0.545. The van der Waals surface area contributed by atoms with Crippen molar-refractivity contribution in [1.82, 2.24) is 4.98 Å². The van der Waals surface area contributed by atoms with E-state index in [9.17, 15) is 8.78 Å². The summed E-state index contributed by atoms with van der Waals surface area (Å²) in [5.41, 5.74) is 0. The Labute approximate surface area is 93.5 Å². The average molecular weight is 230 g/mol. The zero-order chi connectivity index (χ0) is 12.1. The number of rotatable bonds is 5. The molecule has 0 aromatic carbocycles. The number of hydrogen-bond donors (Lipinski definition) is 2. The summed E-state index contributed by atoms with van der Waals surface area (Å²) in [6.45, 7) is 3.92. The van der Waals surface area contributed by atoms with Gasteiger partial charge in [0, 0.05) is 18.7 Å². The summed E-state index contributed by atoms with van der Waals surface area (Å²) in [6, 6.07) is 0.698. The topological polar surface area (TPSA) is 45.1 Å². The minimum Gasteiger partial charge on any atom is -0.396 e. The van der Waals surface area contributed by atoms with Crippen molar-refractivity contribution >= 4 is 5.82 Å². The van der Waals surface area contributed by atoms with Gasteiger partial charge in [-0.1, -0.05) is 13.8 Å². The molecule has 3 nitrogen and oxygen atoms in total. The molecular formula is C11H16F2N2O. The highest BCUT2D eigenvalue weighted by atomic mass is 19.1. The number of halogens is 2. The Hall–Kier alpha value is -1.23. The van der Waals surface area contributed by atoms with Crippen LogP contribution in [0.3, 0.4) is 0 Å². The molecule has 0 spiro atoms. The van der Waals surface area contributed by atoms with E-state index in [0.29, 0.717) is 6.42 Å². The first kappa shape index (κ1) is 12.8. The van der Waals surface area contributed by atoms with Crippen molar-refractivity contribution in [2.24, 2.45) is 5.92 Å². The summed E-state index contributed by atoms with van der Waals surface area (Å²) in [7, 11) is 0. The average Bonchev–Trinajstić information content (AvgIpc) is 2.20. The summed E-state index contributed by atoms with van der Waals surface area (Å²) in [5, 5.41) is 11.7. The van der Waals surface area contributed by atoms with Crippen molar-refractivity contribution in [3.63, 3.8) is 0 Å². The van der Waals surface area contributed by atoms with Gasteiger partial charge < -0.3 is 10.4 Å². The number of nitrogens with one attached hydrogen (secondary N) is 1. The predicted octanol–water partition coefficient (Wildman–Crippen LogP) is 2.18. The standard InChI is InChI=1S/C11H16F2N2O/c1-7(2)10(3-4-16)15-11-9(13)5-8(12)6-14-11/h5-7,10,16H,3-4H2,1-2H3,(H,14,15). The van der Waals surface area contributed by atoms with Gasteiger partial charge in [-0.15, -0.1) is 0 Å². The fourth-order valence-corrected chi connectivity index (χ4v) is 1.41. The van der Waals surface area contributed by atoms with E-state index in [1.807, 2.05) is 13.8 Å². The minimum atomic E-state index is -0.719. The first-order chi connectivity index (χ1) is 7.54. The minimum absolute atomic E-state index is 0.0126.